The van der Waals surface area contributed by atoms with E-state index in [-0.39, 0.29) is 0 Å². The molecule has 1 N–H and O–H groups in total. The SMILES string of the molecule is CCNC1CCC(N2CCCc3ccccc3C2)CC1. The van der Waals surface area contributed by atoms with Crippen molar-refractivity contribution >= 4 is 0 Å². The molecule has 1 saturated carbocycles. The molecular formula is C18H28N2. The van der Waals surface area contributed by atoms with Gasteiger partial charge in [0.1, 0.15) is 0 Å². The average Bonchev–Trinajstić information content (AvgIpc) is 2.70. The predicted octanol–water partition coefficient (Wildman–Crippen LogP) is 3.36. The van der Waals surface area contributed by atoms with Crippen molar-refractivity contribution in [2.45, 2.75) is 64.1 Å². The lowest BCUT2D eigenvalue weighted by molar-refractivity contribution is 0.138. The van der Waals surface area contributed by atoms with Crippen LogP contribution in [0.4, 0.5) is 0 Å². The maximum absolute atomic E-state index is 3.62. The zero-order valence-electron chi connectivity index (χ0n) is 12.8. The van der Waals surface area contributed by atoms with Crippen LogP contribution in [-0.2, 0) is 13.0 Å². The van der Waals surface area contributed by atoms with Crippen LogP contribution in [0.25, 0.3) is 0 Å². The molecule has 1 aliphatic heterocycles. The number of fused-ring (bicyclic) bond motifs is 1. The van der Waals surface area contributed by atoms with E-state index < -0.39 is 0 Å². The Morgan fingerprint density at radius 1 is 1.10 bits per heavy atom. The Labute approximate surface area is 123 Å². The van der Waals surface area contributed by atoms with E-state index in [1.807, 2.05) is 0 Å². The van der Waals surface area contributed by atoms with Gasteiger partial charge in [-0.05, 0) is 62.7 Å². The highest BCUT2D eigenvalue weighted by Gasteiger charge is 2.26. The Balaban J connectivity index is 1.61. The zero-order valence-corrected chi connectivity index (χ0v) is 12.8. The summed E-state index contributed by atoms with van der Waals surface area (Å²) in [4.78, 5) is 2.76. The van der Waals surface area contributed by atoms with Gasteiger partial charge in [0.15, 0.2) is 0 Å². The van der Waals surface area contributed by atoms with Gasteiger partial charge < -0.3 is 5.32 Å². The van der Waals surface area contributed by atoms with Crippen molar-refractivity contribution in [3.8, 4) is 0 Å². The molecule has 2 aliphatic rings. The van der Waals surface area contributed by atoms with Crippen molar-refractivity contribution in [2.24, 2.45) is 0 Å². The Morgan fingerprint density at radius 3 is 2.60 bits per heavy atom. The maximum Gasteiger partial charge on any atom is 0.0239 e. The smallest absolute Gasteiger partial charge is 0.0239 e. The fourth-order valence-electron chi connectivity index (χ4n) is 3.97. The first-order chi connectivity index (χ1) is 9.86. The molecule has 2 nitrogen and oxygen atoms in total. The number of nitrogens with one attached hydrogen (secondary N) is 1. The van der Waals surface area contributed by atoms with Crippen LogP contribution in [0, 0.1) is 0 Å². The second-order valence-electron chi connectivity index (χ2n) is 6.41. The molecular weight excluding hydrogens is 244 g/mol. The summed E-state index contributed by atoms with van der Waals surface area (Å²) in [5.41, 5.74) is 3.15. The largest absolute Gasteiger partial charge is 0.314 e. The van der Waals surface area contributed by atoms with E-state index in [0.29, 0.717) is 0 Å². The fraction of sp³-hybridized carbons (Fsp3) is 0.667. The van der Waals surface area contributed by atoms with Crippen molar-refractivity contribution in [3.05, 3.63) is 35.4 Å². The van der Waals surface area contributed by atoms with Crippen LogP contribution in [-0.4, -0.2) is 30.1 Å². The first-order valence-electron chi connectivity index (χ1n) is 8.41. The van der Waals surface area contributed by atoms with E-state index in [0.717, 1.165) is 18.6 Å². The minimum absolute atomic E-state index is 0.774. The molecule has 0 amide bonds. The number of hydrogen-bond acceptors (Lipinski definition) is 2. The quantitative estimate of drug-likeness (QED) is 0.907. The van der Waals surface area contributed by atoms with E-state index in [9.17, 15) is 0 Å². The van der Waals surface area contributed by atoms with Crippen molar-refractivity contribution < 1.29 is 0 Å². The molecule has 0 saturated heterocycles. The van der Waals surface area contributed by atoms with Crippen molar-refractivity contribution in [2.75, 3.05) is 13.1 Å². The Morgan fingerprint density at radius 2 is 1.85 bits per heavy atom. The van der Waals surface area contributed by atoms with Crippen LogP contribution >= 0.6 is 0 Å². The van der Waals surface area contributed by atoms with Gasteiger partial charge in [-0.25, -0.2) is 0 Å². The van der Waals surface area contributed by atoms with Crippen molar-refractivity contribution in [1.82, 2.24) is 10.2 Å². The van der Waals surface area contributed by atoms with Gasteiger partial charge in [-0.1, -0.05) is 31.2 Å². The van der Waals surface area contributed by atoms with Gasteiger partial charge in [0, 0.05) is 18.6 Å². The second kappa shape index (κ2) is 6.73. The van der Waals surface area contributed by atoms with Crippen molar-refractivity contribution in [1.29, 1.82) is 0 Å². The third kappa shape index (κ3) is 3.24. The molecule has 20 heavy (non-hydrogen) atoms. The third-order valence-electron chi connectivity index (χ3n) is 5.09. The molecule has 0 aromatic heterocycles. The highest BCUT2D eigenvalue weighted by atomic mass is 15.2. The van der Waals surface area contributed by atoms with E-state index in [4.69, 9.17) is 0 Å². The summed E-state index contributed by atoms with van der Waals surface area (Å²) in [5.74, 6) is 0. The van der Waals surface area contributed by atoms with Gasteiger partial charge in [0.25, 0.3) is 0 Å². The van der Waals surface area contributed by atoms with Crippen LogP contribution in [0.15, 0.2) is 24.3 Å². The molecule has 1 aliphatic carbocycles. The molecule has 0 unspecified atom stereocenters. The minimum Gasteiger partial charge on any atom is -0.314 e. The van der Waals surface area contributed by atoms with Gasteiger partial charge in [0.2, 0.25) is 0 Å². The first-order valence-corrected chi connectivity index (χ1v) is 8.41. The second-order valence-corrected chi connectivity index (χ2v) is 6.41. The van der Waals surface area contributed by atoms with E-state index in [1.54, 1.807) is 11.1 Å². The van der Waals surface area contributed by atoms with Crippen LogP contribution < -0.4 is 5.32 Å². The lowest BCUT2D eigenvalue weighted by atomic mass is 9.90. The van der Waals surface area contributed by atoms with Gasteiger partial charge in [-0.2, -0.15) is 0 Å². The Hall–Kier alpha value is -0.860. The predicted molar refractivity (Wildman–Crippen MR) is 84.9 cm³/mol. The zero-order chi connectivity index (χ0) is 13.8. The average molecular weight is 272 g/mol. The molecule has 1 aromatic carbocycles. The highest BCUT2D eigenvalue weighted by molar-refractivity contribution is 5.28. The molecule has 1 fully saturated rings. The van der Waals surface area contributed by atoms with Gasteiger partial charge in [-0.15, -0.1) is 0 Å². The Bertz CT molecular complexity index is 421. The van der Waals surface area contributed by atoms with Crippen molar-refractivity contribution in [3.63, 3.8) is 0 Å². The summed E-state index contributed by atoms with van der Waals surface area (Å²) in [5, 5.41) is 3.62. The van der Waals surface area contributed by atoms with E-state index in [2.05, 4.69) is 41.4 Å². The van der Waals surface area contributed by atoms with Gasteiger partial charge in [0.05, 0.1) is 0 Å². The molecule has 2 heteroatoms. The standard InChI is InChI=1S/C18H28N2/c1-2-19-17-9-11-18(12-10-17)20-13-5-8-15-6-3-4-7-16(15)14-20/h3-4,6-7,17-19H,2,5,8-14H2,1H3. The van der Waals surface area contributed by atoms with Crippen LogP contribution in [0.1, 0.15) is 50.2 Å². The number of benzene rings is 1. The van der Waals surface area contributed by atoms with Gasteiger partial charge in [-0.3, -0.25) is 4.90 Å². The lowest BCUT2D eigenvalue weighted by Gasteiger charge is -2.36. The molecule has 1 aromatic rings. The topological polar surface area (TPSA) is 15.3 Å². The van der Waals surface area contributed by atoms with E-state index in [1.165, 1.54) is 51.6 Å². The monoisotopic (exact) mass is 272 g/mol. The number of nitrogens with zero attached hydrogens (tertiary/aromatic N) is 1. The molecule has 0 spiro atoms. The number of aryl methyl sites for hydroxylation is 1. The molecule has 1 heterocycles. The summed E-state index contributed by atoms with van der Waals surface area (Å²) < 4.78 is 0. The molecule has 0 radical (unpaired) electrons. The third-order valence-corrected chi connectivity index (χ3v) is 5.09. The number of rotatable bonds is 3. The Kier molecular flexibility index (Phi) is 4.74. The van der Waals surface area contributed by atoms with Crippen LogP contribution in [0.2, 0.25) is 0 Å². The molecule has 110 valence electrons. The summed E-state index contributed by atoms with van der Waals surface area (Å²) >= 11 is 0. The lowest BCUT2D eigenvalue weighted by Crippen LogP contribution is -2.42. The normalized spacial score (nSPS) is 27.9. The highest BCUT2D eigenvalue weighted by Crippen LogP contribution is 2.27. The van der Waals surface area contributed by atoms with Gasteiger partial charge >= 0.3 is 0 Å². The number of hydrogen-bond donors (Lipinski definition) is 1. The van der Waals surface area contributed by atoms with Crippen LogP contribution in [0.5, 0.6) is 0 Å². The molecule has 0 bridgehead atoms. The molecule has 3 rings (SSSR count). The maximum atomic E-state index is 3.62. The summed E-state index contributed by atoms with van der Waals surface area (Å²) in [6.07, 6.45) is 8.05. The fourth-order valence-corrected chi connectivity index (χ4v) is 3.97. The first kappa shape index (κ1) is 14.1. The summed E-state index contributed by atoms with van der Waals surface area (Å²) in [6.45, 7) is 5.79. The summed E-state index contributed by atoms with van der Waals surface area (Å²) in [6, 6.07) is 10.6. The van der Waals surface area contributed by atoms with E-state index >= 15 is 0 Å². The summed E-state index contributed by atoms with van der Waals surface area (Å²) in [7, 11) is 0. The minimum atomic E-state index is 0.774. The van der Waals surface area contributed by atoms with Crippen LogP contribution in [0.3, 0.4) is 0 Å². The molecule has 0 atom stereocenters.